The second-order valence-corrected chi connectivity index (χ2v) is 4.30. The third-order valence-electron chi connectivity index (χ3n) is 2.93. The molecule has 17 heavy (non-hydrogen) atoms. The quantitative estimate of drug-likeness (QED) is 0.520. The number of rotatable bonds is 7. The monoisotopic (exact) mass is 234 g/mol. The van der Waals surface area contributed by atoms with Gasteiger partial charge in [0.15, 0.2) is 0 Å². The van der Waals surface area contributed by atoms with Gasteiger partial charge in [0.2, 0.25) is 0 Å². The minimum absolute atomic E-state index is 0.501. The molecule has 0 aromatic rings. The van der Waals surface area contributed by atoms with Crippen molar-refractivity contribution < 1.29 is 0 Å². The van der Waals surface area contributed by atoms with Crippen molar-refractivity contribution in [1.29, 1.82) is 0 Å². The Hall–Kier alpha value is -1.31. The van der Waals surface area contributed by atoms with Crippen molar-refractivity contribution in [3.05, 3.63) is 35.7 Å². The highest BCUT2D eigenvalue weighted by Gasteiger charge is 2.09. The first kappa shape index (κ1) is 15.7. The predicted molar refractivity (Wildman–Crippen MR) is 78.0 cm³/mol. The van der Waals surface area contributed by atoms with E-state index < -0.39 is 0 Å². The lowest BCUT2D eigenvalue weighted by Gasteiger charge is -2.13. The van der Waals surface area contributed by atoms with E-state index in [0.717, 1.165) is 25.0 Å². The fourth-order valence-electron chi connectivity index (χ4n) is 1.43. The number of hydrogen-bond acceptors (Lipinski definition) is 2. The molecule has 2 heteroatoms. The summed E-state index contributed by atoms with van der Waals surface area (Å²) in [5, 5.41) is 0. The summed E-state index contributed by atoms with van der Waals surface area (Å²) in [6, 6.07) is 0. The lowest BCUT2D eigenvalue weighted by atomic mass is 9.97. The molecule has 0 amide bonds. The first-order valence-corrected chi connectivity index (χ1v) is 6.40. The number of unbranched alkanes of at least 4 members (excludes halogenated alkanes) is 1. The van der Waals surface area contributed by atoms with E-state index in [2.05, 4.69) is 39.3 Å². The van der Waals surface area contributed by atoms with Gasteiger partial charge in [0.1, 0.15) is 0 Å². The molecule has 0 aromatic carbocycles. The van der Waals surface area contributed by atoms with Crippen molar-refractivity contribution in [1.82, 2.24) is 0 Å². The summed E-state index contributed by atoms with van der Waals surface area (Å²) in [6.07, 6.45) is 8.65. The van der Waals surface area contributed by atoms with Crippen LogP contribution in [0.3, 0.4) is 0 Å². The molecule has 96 valence electrons. The summed E-state index contributed by atoms with van der Waals surface area (Å²) in [5.74, 6) is 0.501. The Kier molecular flexibility index (Phi) is 8.12. The van der Waals surface area contributed by atoms with Gasteiger partial charge in [-0.15, -0.1) is 0 Å². The van der Waals surface area contributed by atoms with Crippen LogP contribution >= 0.6 is 0 Å². The molecular weight excluding hydrogens is 208 g/mol. The van der Waals surface area contributed by atoms with Crippen LogP contribution in [0.25, 0.3) is 0 Å². The van der Waals surface area contributed by atoms with Crippen LogP contribution in [0.2, 0.25) is 0 Å². The standard InChI is InChI=1S/C15H26N2/c1-6-9-11-17-15(14(16)10-7-2)13(5)12(4)8-3/h7,10-12H,2,6,8-9,16H2,1,3-5H3/b14-10+,15-13?,17-11-/t12-/m1/s1. The molecule has 0 radical (unpaired) electrons. The van der Waals surface area contributed by atoms with E-state index in [4.69, 9.17) is 5.73 Å². The van der Waals surface area contributed by atoms with Crippen LogP contribution in [0.1, 0.15) is 47.0 Å². The molecule has 0 unspecified atom stereocenters. The van der Waals surface area contributed by atoms with Crippen molar-refractivity contribution >= 4 is 6.21 Å². The number of nitrogens with two attached hydrogens (primary N) is 1. The van der Waals surface area contributed by atoms with Gasteiger partial charge < -0.3 is 5.73 Å². The van der Waals surface area contributed by atoms with Crippen molar-refractivity contribution in [3.63, 3.8) is 0 Å². The highest BCUT2D eigenvalue weighted by atomic mass is 14.8. The summed E-state index contributed by atoms with van der Waals surface area (Å²) in [5.41, 5.74) is 8.88. The smallest absolute Gasteiger partial charge is 0.0846 e. The molecule has 0 spiro atoms. The van der Waals surface area contributed by atoms with Gasteiger partial charge in [-0.25, -0.2) is 0 Å². The third-order valence-corrected chi connectivity index (χ3v) is 2.93. The molecule has 0 saturated heterocycles. The number of aliphatic imine (C=N–C) groups is 1. The molecule has 0 aliphatic heterocycles. The van der Waals surface area contributed by atoms with Crippen molar-refractivity contribution in [2.45, 2.75) is 47.0 Å². The van der Waals surface area contributed by atoms with E-state index in [1.807, 2.05) is 12.3 Å². The largest absolute Gasteiger partial charge is 0.397 e. The molecule has 1 atom stereocenters. The summed E-state index contributed by atoms with van der Waals surface area (Å²) in [6.45, 7) is 12.3. The van der Waals surface area contributed by atoms with Crippen LogP contribution < -0.4 is 5.73 Å². The summed E-state index contributed by atoms with van der Waals surface area (Å²) in [4.78, 5) is 4.51. The molecule has 0 aliphatic rings. The van der Waals surface area contributed by atoms with Gasteiger partial charge in [0.25, 0.3) is 0 Å². The summed E-state index contributed by atoms with van der Waals surface area (Å²) >= 11 is 0. The van der Waals surface area contributed by atoms with E-state index in [-0.39, 0.29) is 0 Å². The number of hydrogen-bond donors (Lipinski definition) is 1. The lowest BCUT2D eigenvalue weighted by molar-refractivity contribution is 0.647. The van der Waals surface area contributed by atoms with Crippen LogP contribution in [-0.4, -0.2) is 6.21 Å². The summed E-state index contributed by atoms with van der Waals surface area (Å²) < 4.78 is 0. The van der Waals surface area contributed by atoms with E-state index >= 15 is 0 Å². The normalized spacial score (nSPS) is 15.9. The van der Waals surface area contributed by atoms with Crippen LogP contribution in [-0.2, 0) is 0 Å². The summed E-state index contributed by atoms with van der Waals surface area (Å²) in [7, 11) is 0. The van der Waals surface area contributed by atoms with Gasteiger partial charge in [-0.3, -0.25) is 4.99 Å². The van der Waals surface area contributed by atoms with Gasteiger partial charge in [-0.1, -0.05) is 39.8 Å². The molecule has 2 nitrogen and oxygen atoms in total. The minimum Gasteiger partial charge on any atom is -0.397 e. The van der Waals surface area contributed by atoms with E-state index in [1.165, 1.54) is 5.57 Å². The molecule has 0 saturated carbocycles. The molecule has 0 bridgehead atoms. The molecule has 0 heterocycles. The van der Waals surface area contributed by atoms with E-state index in [9.17, 15) is 0 Å². The van der Waals surface area contributed by atoms with E-state index in [0.29, 0.717) is 11.6 Å². The Labute approximate surface area is 106 Å². The molecule has 0 aliphatic carbocycles. The SMILES string of the molecule is C=C/C=C(/N)C(/N=C\CCC)=C(C)[C@H](C)CC. The average molecular weight is 234 g/mol. The highest BCUT2D eigenvalue weighted by Crippen LogP contribution is 2.22. The predicted octanol–water partition coefficient (Wildman–Crippen LogP) is 4.21. The Balaban J connectivity index is 5.23. The topological polar surface area (TPSA) is 38.4 Å². The zero-order valence-electron chi connectivity index (χ0n) is 11.7. The number of allylic oxidation sites excluding steroid dienone is 3. The van der Waals surface area contributed by atoms with Gasteiger partial charge >= 0.3 is 0 Å². The van der Waals surface area contributed by atoms with Crippen molar-refractivity contribution in [2.75, 3.05) is 0 Å². The van der Waals surface area contributed by atoms with Gasteiger partial charge in [0, 0.05) is 6.21 Å². The maximum atomic E-state index is 6.02. The Morgan fingerprint density at radius 3 is 2.53 bits per heavy atom. The molecular formula is C15H26N2. The van der Waals surface area contributed by atoms with Crippen molar-refractivity contribution in [3.8, 4) is 0 Å². The Bertz CT molecular complexity index is 322. The first-order chi connectivity index (χ1) is 8.08. The van der Waals surface area contributed by atoms with Crippen molar-refractivity contribution in [2.24, 2.45) is 16.6 Å². The molecule has 0 rings (SSSR count). The molecule has 0 fully saturated rings. The lowest BCUT2D eigenvalue weighted by Crippen LogP contribution is -2.06. The fraction of sp³-hybridized carbons (Fsp3) is 0.533. The molecule has 2 N–H and O–H groups in total. The van der Waals surface area contributed by atoms with Crippen LogP contribution in [0.15, 0.2) is 40.7 Å². The molecule has 0 aromatic heterocycles. The zero-order chi connectivity index (χ0) is 13.3. The zero-order valence-corrected chi connectivity index (χ0v) is 11.7. The minimum atomic E-state index is 0.501. The van der Waals surface area contributed by atoms with Gasteiger partial charge in [-0.2, -0.15) is 0 Å². The Morgan fingerprint density at radius 1 is 1.41 bits per heavy atom. The van der Waals surface area contributed by atoms with Gasteiger partial charge in [0.05, 0.1) is 11.4 Å². The maximum Gasteiger partial charge on any atom is 0.0846 e. The van der Waals surface area contributed by atoms with Crippen LogP contribution in [0.4, 0.5) is 0 Å². The second-order valence-electron chi connectivity index (χ2n) is 4.30. The van der Waals surface area contributed by atoms with E-state index in [1.54, 1.807) is 6.08 Å². The first-order valence-electron chi connectivity index (χ1n) is 6.40. The van der Waals surface area contributed by atoms with Crippen LogP contribution in [0, 0.1) is 5.92 Å². The van der Waals surface area contributed by atoms with Crippen LogP contribution in [0.5, 0.6) is 0 Å². The third kappa shape index (κ3) is 5.53. The highest BCUT2D eigenvalue weighted by molar-refractivity contribution is 5.60. The Morgan fingerprint density at radius 2 is 2.06 bits per heavy atom. The second kappa shape index (κ2) is 8.80. The fourth-order valence-corrected chi connectivity index (χ4v) is 1.43. The number of nitrogens with zero attached hydrogens (tertiary/aromatic N) is 1. The van der Waals surface area contributed by atoms with Gasteiger partial charge in [-0.05, 0) is 37.3 Å². The average Bonchev–Trinajstić information content (AvgIpc) is 2.33. The maximum absolute atomic E-state index is 6.02.